The summed E-state index contributed by atoms with van der Waals surface area (Å²) in [6.07, 6.45) is 4.91. The van der Waals surface area contributed by atoms with Crippen LogP contribution in [0.4, 0.5) is 10.1 Å². The molecule has 0 atom stereocenters. The normalized spacial score (nSPS) is 10.8. The third-order valence-corrected chi connectivity index (χ3v) is 4.13. The Bertz CT molecular complexity index is 1040. The summed E-state index contributed by atoms with van der Waals surface area (Å²) in [5.74, 6) is 0.921. The Morgan fingerprint density at radius 2 is 2.04 bits per heavy atom. The molecule has 130 valence electrons. The van der Waals surface area contributed by atoms with Crippen LogP contribution < -0.4 is 10.1 Å². The Labute approximate surface area is 150 Å². The fourth-order valence-corrected chi connectivity index (χ4v) is 2.83. The molecule has 6 heteroatoms. The van der Waals surface area contributed by atoms with Gasteiger partial charge in [-0.05, 0) is 36.4 Å². The van der Waals surface area contributed by atoms with Crippen molar-refractivity contribution >= 4 is 16.6 Å². The van der Waals surface area contributed by atoms with E-state index in [4.69, 9.17) is 4.74 Å². The summed E-state index contributed by atoms with van der Waals surface area (Å²) < 4.78 is 21.1. The molecule has 4 rings (SSSR count). The summed E-state index contributed by atoms with van der Waals surface area (Å²) in [7, 11) is 1.85. The zero-order valence-corrected chi connectivity index (χ0v) is 14.2. The number of halogens is 1. The minimum absolute atomic E-state index is 0.335. The van der Waals surface area contributed by atoms with Gasteiger partial charge in [-0.25, -0.2) is 9.37 Å². The molecule has 0 spiro atoms. The van der Waals surface area contributed by atoms with Crippen LogP contribution in [0.1, 0.15) is 5.69 Å². The molecule has 0 amide bonds. The molecule has 0 fully saturated rings. The summed E-state index contributed by atoms with van der Waals surface area (Å²) in [5.41, 5.74) is 2.74. The SMILES string of the molecule is CNc1ccnc(Oc2cccc3c2ccn3Cc2ccc(F)cn2)c1. The lowest BCUT2D eigenvalue weighted by atomic mass is 10.2. The van der Waals surface area contributed by atoms with Gasteiger partial charge < -0.3 is 14.6 Å². The highest BCUT2D eigenvalue weighted by Gasteiger charge is 2.09. The van der Waals surface area contributed by atoms with Crippen molar-refractivity contribution in [2.24, 2.45) is 0 Å². The average Bonchev–Trinajstić information content (AvgIpc) is 3.08. The molecule has 0 aliphatic rings. The van der Waals surface area contributed by atoms with Crippen molar-refractivity contribution < 1.29 is 9.13 Å². The Morgan fingerprint density at radius 3 is 2.85 bits per heavy atom. The summed E-state index contributed by atoms with van der Waals surface area (Å²) in [6.45, 7) is 0.556. The van der Waals surface area contributed by atoms with Crippen LogP contribution in [0, 0.1) is 5.82 Å². The summed E-state index contributed by atoms with van der Waals surface area (Å²) in [5, 5.41) is 4.05. The molecule has 0 unspecified atom stereocenters. The number of fused-ring (bicyclic) bond motifs is 1. The molecule has 0 saturated carbocycles. The largest absolute Gasteiger partial charge is 0.438 e. The zero-order chi connectivity index (χ0) is 17.9. The lowest BCUT2D eigenvalue weighted by molar-refractivity contribution is 0.468. The number of aromatic nitrogens is 3. The van der Waals surface area contributed by atoms with Gasteiger partial charge in [0.2, 0.25) is 5.88 Å². The van der Waals surface area contributed by atoms with Crippen LogP contribution in [0.2, 0.25) is 0 Å². The molecule has 0 bridgehead atoms. The molecule has 1 aromatic carbocycles. The van der Waals surface area contributed by atoms with Gasteiger partial charge in [0.15, 0.2) is 0 Å². The van der Waals surface area contributed by atoms with Gasteiger partial charge in [0.1, 0.15) is 11.6 Å². The van der Waals surface area contributed by atoms with Gasteiger partial charge in [-0.3, -0.25) is 4.98 Å². The first kappa shape index (κ1) is 16.1. The van der Waals surface area contributed by atoms with Crippen LogP contribution in [-0.2, 0) is 6.54 Å². The van der Waals surface area contributed by atoms with E-state index in [0.29, 0.717) is 12.4 Å². The van der Waals surface area contributed by atoms with Crippen molar-refractivity contribution in [1.82, 2.24) is 14.5 Å². The Morgan fingerprint density at radius 1 is 1.12 bits per heavy atom. The van der Waals surface area contributed by atoms with Crippen molar-refractivity contribution in [2.45, 2.75) is 6.54 Å². The first-order chi connectivity index (χ1) is 12.7. The van der Waals surface area contributed by atoms with E-state index in [1.54, 1.807) is 12.3 Å². The standard InChI is InChI=1S/C20H17FN4O/c1-22-15-7-9-23-20(11-15)26-19-4-2-3-18-17(19)8-10-25(18)13-16-6-5-14(21)12-24-16/h2-12H,13H2,1H3,(H,22,23). The molecule has 0 saturated heterocycles. The van der Waals surface area contributed by atoms with E-state index < -0.39 is 0 Å². The van der Waals surface area contributed by atoms with Crippen LogP contribution >= 0.6 is 0 Å². The average molecular weight is 348 g/mol. The third kappa shape index (κ3) is 3.21. The van der Waals surface area contributed by atoms with Crippen LogP contribution in [0.5, 0.6) is 11.6 Å². The Kier molecular flexibility index (Phi) is 4.23. The van der Waals surface area contributed by atoms with Crippen molar-refractivity contribution in [2.75, 3.05) is 12.4 Å². The monoisotopic (exact) mass is 348 g/mol. The third-order valence-electron chi connectivity index (χ3n) is 4.13. The summed E-state index contributed by atoms with van der Waals surface area (Å²) in [6, 6.07) is 14.7. The van der Waals surface area contributed by atoms with Crippen LogP contribution in [0.15, 0.2) is 67.1 Å². The number of nitrogens with one attached hydrogen (secondary N) is 1. The van der Waals surface area contributed by atoms with E-state index in [1.165, 1.54) is 12.3 Å². The van der Waals surface area contributed by atoms with E-state index >= 15 is 0 Å². The van der Waals surface area contributed by atoms with Crippen molar-refractivity contribution in [1.29, 1.82) is 0 Å². The zero-order valence-electron chi connectivity index (χ0n) is 14.2. The quantitative estimate of drug-likeness (QED) is 0.579. The maximum absolute atomic E-state index is 13.0. The predicted molar refractivity (Wildman–Crippen MR) is 99.1 cm³/mol. The molecule has 1 N–H and O–H groups in total. The highest BCUT2D eigenvalue weighted by molar-refractivity contribution is 5.86. The topological polar surface area (TPSA) is 52.0 Å². The molecule has 3 aromatic heterocycles. The van der Waals surface area contributed by atoms with E-state index in [-0.39, 0.29) is 5.82 Å². The second kappa shape index (κ2) is 6.84. The highest BCUT2D eigenvalue weighted by Crippen LogP contribution is 2.30. The maximum Gasteiger partial charge on any atom is 0.221 e. The minimum Gasteiger partial charge on any atom is -0.438 e. The van der Waals surface area contributed by atoms with Gasteiger partial charge in [-0.2, -0.15) is 0 Å². The van der Waals surface area contributed by atoms with Gasteiger partial charge in [-0.15, -0.1) is 0 Å². The number of pyridine rings is 2. The van der Waals surface area contributed by atoms with E-state index in [2.05, 4.69) is 19.9 Å². The second-order valence-corrected chi connectivity index (χ2v) is 5.84. The first-order valence-corrected chi connectivity index (χ1v) is 8.23. The molecule has 0 aliphatic carbocycles. The first-order valence-electron chi connectivity index (χ1n) is 8.23. The number of rotatable bonds is 5. The number of benzene rings is 1. The van der Waals surface area contributed by atoms with Gasteiger partial charge in [0.05, 0.1) is 24.0 Å². The van der Waals surface area contributed by atoms with Gasteiger partial charge in [-0.1, -0.05) is 6.07 Å². The fraction of sp³-hybridized carbons (Fsp3) is 0.100. The number of nitrogens with zero attached hydrogens (tertiary/aromatic N) is 3. The van der Waals surface area contributed by atoms with E-state index in [0.717, 1.165) is 28.0 Å². The van der Waals surface area contributed by atoms with Gasteiger partial charge in [0, 0.05) is 36.6 Å². The maximum atomic E-state index is 13.0. The predicted octanol–water partition coefficient (Wildman–Crippen LogP) is 4.45. The van der Waals surface area contributed by atoms with Crippen molar-refractivity contribution in [3.8, 4) is 11.6 Å². The van der Waals surface area contributed by atoms with Crippen LogP contribution in [0.25, 0.3) is 10.9 Å². The van der Waals surface area contributed by atoms with E-state index in [1.807, 2.05) is 49.6 Å². The molecule has 4 aromatic rings. The molecule has 0 aliphatic heterocycles. The van der Waals surface area contributed by atoms with Crippen LogP contribution in [0.3, 0.4) is 0 Å². The molecular weight excluding hydrogens is 331 g/mol. The number of hydrogen-bond donors (Lipinski definition) is 1. The highest BCUT2D eigenvalue weighted by atomic mass is 19.1. The minimum atomic E-state index is -0.335. The van der Waals surface area contributed by atoms with Gasteiger partial charge in [0.25, 0.3) is 0 Å². The molecule has 26 heavy (non-hydrogen) atoms. The van der Waals surface area contributed by atoms with Crippen molar-refractivity contribution in [3.05, 3.63) is 78.6 Å². The molecule has 0 radical (unpaired) electrons. The fourth-order valence-electron chi connectivity index (χ4n) is 2.83. The van der Waals surface area contributed by atoms with Gasteiger partial charge >= 0.3 is 0 Å². The number of anilines is 1. The summed E-state index contributed by atoms with van der Waals surface area (Å²) in [4.78, 5) is 8.38. The molecule has 3 heterocycles. The lowest BCUT2D eigenvalue weighted by Gasteiger charge is -2.09. The Hall–Kier alpha value is -3.41. The summed E-state index contributed by atoms with van der Waals surface area (Å²) >= 11 is 0. The smallest absolute Gasteiger partial charge is 0.221 e. The lowest BCUT2D eigenvalue weighted by Crippen LogP contribution is -2.00. The van der Waals surface area contributed by atoms with E-state index in [9.17, 15) is 4.39 Å². The van der Waals surface area contributed by atoms with Crippen molar-refractivity contribution in [3.63, 3.8) is 0 Å². The number of ether oxygens (including phenoxy) is 1. The molecular formula is C20H17FN4O. The Balaban J connectivity index is 1.65. The number of hydrogen-bond acceptors (Lipinski definition) is 4. The van der Waals surface area contributed by atoms with Crippen LogP contribution in [-0.4, -0.2) is 21.6 Å². The molecule has 5 nitrogen and oxygen atoms in total. The second-order valence-electron chi connectivity index (χ2n) is 5.84.